The number of aliphatic hydroxyl groups is 4. The summed E-state index contributed by atoms with van der Waals surface area (Å²) in [6.45, 7) is 13.7. The highest BCUT2D eigenvalue weighted by molar-refractivity contribution is 5.78. The van der Waals surface area contributed by atoms with Gasteiger partial charge in [0.25, 0.3) is 0 Å². The van der Waals surface area contributed by atoms with Crippen LogP contribution in [-0.4, -0.2) is 151 Å². The average molecular weight is 877 g/mol. The van der Waals surface area contributed by atoms with E-state index in [-0.39, 0.29) is 37.4 Å². The van der Waals surface area contributed by atoms with E-state index in [4.69, 9.17) is 47.4 Å². The van der Waals surface area contributed by atoms with Crippen LogP contribution >= 0.6 is 0 Å². The van der Waals surface area contributed by atoms with Crippen LogP contribution in [0.25, 0.3) is 0 Å². The lowest BCUT2D eigenvalue weighted by molar-refractivity contribution is -0.343. The number of ether oxygens (including phenoxy) is 10. The van der Waals surface area contributed by atoms with E-state index < -0.39 is 109 Å². The molecule has 0 aromatic heterocycles. The highest BCUT2D eigenvalue weighted by atomic mass is 16.7. The first kappa shape index (κ1) is 47.9. The van der Waals surface area contributed by atoms with Crippen LogP contribution in [0.1, 0.15) is 99.8 Å². The lowest BCUT2D eigenvalue weighted by Crippen LogP contribution is -2.58. The van der Waals surface area contributed by atoms with Crippen LogP contribution in [0.4, 0.5) is 0 Å². The van der Waals surface area contributed by atoms with Crippen molar-refractivity contribution in [2.75, 3.05) is 20.8 Å². The van der Waals surface area contributed by atoms with Gasteiger partial charge < -0.3 is 67.8 Å². The Labute approximate surface area is 366 Å². The number of rotatable bonds is 8. The predicted molar refractivity (Wildman–Crippen MR) is 224 cm³/mol. The minimum absolute atomic E-state index is 0.0128. The van der Waals surface area contributed by atoms with Gasteiger partial charge in [0.15, 0.2) is 18.4 Å². The Kier molecular flexibility index (Phi) is 15.3. The zero-order chi connectivity index (χ0) is 44.7. The summed E-state index contributed by atoms with van der Waals surface area (Å²) >= 11 is 0. The Bertz CT molecular complexity index is 1680. The fourth-order valence-corrected chi connectivity index (χ4v) is 10.7. The first-order valence-corrected chi connectivity index (χ1v) is 22.8. The molecule has 20 atom stereocenters. The molecule has 7 aliphatic rings. The maximum atomic E-state index is 14.3. The third kappa shape index (κ3) is 9.86. The normalized spacial score (nSPS) is 49.4. The molecule has 6 aliphatic heterocycles. The third-order valence-electron chi connectivity index (χ3n) is 14.5. The number of carbonyl (C=O) groups is 1. The van der Waals surface area contributed by atoms with E-state index in [0.29, 0.717) is 43.3 Å². The summed E-state index contributed by atoms with van der Waals surface area (Å²) in [5.41, 5.74) is 0.0310. The number of esters is 1. The Balaban J connectivity index is 1.18. The van der Waals surface area contributed by atoms with Crippen molar-refractivity contribution in [2.24, 2.45) is 17.8 Å². The summed E-state index contributed by atoms with van der Waals surface area (Å²) in [7, 11) is 3.20. The number of methoxy groups -OCH3 is 2. The van der Waals surface area contributed by atoms with Gasteiger partial charge in [-0.25, -0.2) is 0 Å². The second-order valence-corrected chi connectivity index (χ2v) is 19.0. The second-order valence-electron chi connectivity index (χ2n) is 19.0. The first-order chi connectivity index (χ1) is 29.5. The second kappa shape index (κ2) is 19.8. The van der Waals surface area contributed by atoms with Crippen molar-refractivity contribution < 1.29 is 72.6 Å². The molecule has 0 radical (unpaired) electrons. The van der Waals surface area contributed by atoms with Gasteiger partial charge in [0.05, 0.1) is 55.4 Å². The van der Waals surface area contributed by atoms with E-state index in [2.05, 4.69) is 19.9 Å². The topological polar surface area (TPSA) is 190 Å². The fraction of sp³-hybridized carbons (Fsp3) is 0.809. The molecule has 20 unspecified atom stereocenters. The van der Waals surface area contributed by atoms with Crippen LogP contribution < -0.4 is 0 Å². The van der Waals surface area contributed by atoms with E-state index >= 15 is 0 Å². The molecule has 0 aromatic rings. The van der Waals surface area contributed by atoms with Gasteiger partial charge in [-0.1, -0.05) is 57.6 Å². The summed E-state index contributed by atoms with van der Waals surface area (Å²) in [5, 5.41) is 45.4. The lowest BCUT2D eigenvalue weighted by Gasteiger charge is -2.50. The average Bonchev–Trinajstić information content (AvgIpc) is 3.57. The van der Waals surface area contributed by atoms with Crippen LogP contribution in [0.2, 0.25) is 0 Å². The maximum absolute atomic E-state index is 14.3. The number of allylic oxidation sites excluding steroid dienone is 2. The van der Waals surface area contributed by atoms with E-state index in [1.807, 2.05) is 32.9 Å². The molecule has 1 spiro atoms. The van der Waals surface area contributed by atoms with Crippen molar-refractivity contribution in [1.29, 1.82) is 0 Å². The van der Waals surface area contributed by atoms with E-state index in [9.17, 15) is 25.2 Å². The van der Waals surface area contributed by atoms with Gasteiger partial charge in [-0.15, -0.1) is 0 Å². The van der Waals surface area contributed by atoms with E-state index in [1.54, 1.807) is 40.2 Å². The Hall–Kier alpha value is -2.09. The van der Waals surface area contributed by atoms with Crippen LogP contribution in [0.5, 0.6) is 0 Å². The Morgan fingerprint density at radius 3 is 2.32 bits per heavy atom. The van der Waals surface area contributed by atoms with Crippen LogP contribution in [0.15, 0.2) is 47.1 Å². The number of fused-ring (bicyclic) bond motifs is 2. The van der Waals surface area contributed by atoms with Crippen LogP contribution in [0, 0.1) is 17.8 Å². The summed E-state index contributed by atoms with van der Waals surface area (Å²) in [6.07, 6.45) is 3.63. The quantitative estimate of drug-likeness (QED) is 0.199. The van der Waals surface area contributed by atoms with Crippen LogP contribution in [-0.2, 0) is 52.2 Å². The summed E-state index contributed by atoms with van der Waals surface area (Å²) in [4.78, 5) is 14.3. The molecule has 62 heavy (non-hydrogen) atoms. The monoisotopic (exact) mass is 876 g/mol. The van der Waals surface area contributed by atoms with Gasteiger partial charge >= 0.3 is 5.97 Å². The molecule has 0 amide bonds. The molecule has 15 nitrogen and oxygen atoms in total. The van der Waals surface area contributed by atoms with Crippen molar-refractivity contribution >= 4 is 5.97 Å². The van der Waals surface area contributed by atoms with Gasteiger partial charge in [-0.3, -0.25) is 4.79 Å². The highest BCUT2D eigenvalue weighted by Crippen LogP contribution is 2.47. The molecule has 4 N–H and O–H groups in total. The van der Waals surface area contributed by atoms with Crippen molar-refractivity contribution in [3.63, 3.8) is 0 Å². The van der Waals surface area contributed by atoms with Gasteiger partial charge in [-0.2, -0.15) is 0 Å². The van der Waals surface area contributed by atoms with Crippen molar-refractivity contribution in [1.82, 2.24) is 0 Å². The molecule has 2 bridgehead atoms. The van der Waals surface area contributed by atoms with Crippen molar-refractivity contribution in [3.8, 4) is 0 Å². The molecule has 6 heterocycles. The Morgan fingerprint density at radius 2 is 1.60 bits per heavy atom. The van der Waals surface area contributed by atoms with Crippen LogP contribution in [0.3, 0.4) is 0 Å². The van der Waals surface area contributed by atoms with Gasteiger partial charge in [0.2, 0.25) is 0 Å². The molecule has 350 valence electrons. The Morgan fingerprint density at radius 1 is 0.887 bits per heavy atom. The number of hydrogen-bond donors (Lipinski definition) is 4. The van der Waals surface area contributed by atoms with E-state index in [0.717, 1.165) is 12.0 Å². The van der Waals surface area contributed by atoms with Gasteiger partial charge in [0.1, 0.15) is 42.0 Å². The smallest absolute Gasteiger partial charge is 0.316 e. The molecule has 5 saturated heterocycles. The third-order valence-corrected chi connectivity index (χ3v) is 14.5. The first-order valence-electron chi connectivity index (χ1n) is 22.8. The standard InChI is InChI=1S/C47H72O15/c1-10-24(2)35-17-31(48)21-46(62-35)22-33-18-32(61-46)15-14-26(4)42(25(3)12-11-13-30-23-55-44-40(49)27(5)16-34(45(51)58-33)47(30,44)52)59-39-20-37(54-9)43(29(7)57-39)60-38-19-36(53-8)41(50)28(6)56-38/h11-14,16,24-25,28-29,31-44,48-50,52H,10,15,17-23H2,1-9H3/b12-11+,26-14+,30-13+. The zero-order valence-corrected chi connectivity index (χ0v) is 37.9. The lowest BCUT2D eigenvalue weighted by atomic mass is 9.71. The largest absolute Gasteiger partial charge is 0.462 e. The molecule has 5 fully saturated rings. The summed E-state index contributed by atoms with van der Waals surface area (Å²) in [6, 6.07) is 0. The number of aliphatic hydroxyl groups excluding tert-OH is 3. The molecule has 15 heteroatoms. The predicted octanol–water partition coefficient (Wildman–Crippen LogP) is 4.33. The maximum Gasteiger partial charge on any atom is 0.316 e. The van der Waals surface area contributed by atoms with Gasteiger partial charge in [0, 0.05) is 58.7 Å². The zero-order valence-electron chi connectivity index (χ0n) is 37.9. The summed E-state index contributed by atoms with van der Waals surface area (Å²) < 4.78 is 63.4. The number of carbonyl (C=O) groups excluding carboxylic acids is 1. The molecular weight excluding hydrogens is 805 g/mol. The molecule has 7 rings (SSSR count). The minimum Gasteiger partial charge on any atom is -0.462 e. The van der Waals surface area contributed by atoms with Crippen molar-refractivity contribution in [3.05, 3.63) is 47.1 Å². The highest BCUT2D eigenvalue weighted by Gasteiger charge is 2.60. The molecule has 0 saturated carbocycles. The summed E-state index contributed by atoms with van der Waals surface area (Å²) in [5.74, 6) is -3.01. The molecular formula is C47H72O15. The minimum atomic E-state index is -1.86. The molecule has 0 aromatic carbocycles. The van der Waals surface area contributed by atoms with Crippen molar-refractivity contribution in [2.45, 2.75) is 203 Å². The van der Waals surface area contributed by atoms with E-state index in [1.165, 1.54) is 0 Å². The number of hydrogen-bond acceptors (Lipinski definition) is 15. The SMILES string of the molecule is CCC(C)C1CC(O)CC2(CC3CC(C/C=C(\C)C(OC4CC(OC)C(OC5CC(OC)C(O)C(C)O5)C(C)O4)C(C)/C=C/C=C4\COC5C(O)C(C)=CC(C(=O)O3)C45O)O2)O1. The fourth-order valence-electron chi connectivity index (χ4n) is 10.7. The van der Waals surface area contributed by atoms with Gasteiger partial charge in [-0.05, 0) is 56.8 Å². The molecule has 1 aliphatic carbocycles.